The van der Waals surface area contributed by atoms with Gasteiger partial charge >= 0.3 is 0 Å². The molecule has 1 atom stereocenters. The van der Waals surface area contributed by atoms with Gasteiger partial charge in [-0.1, -0.05) is 34.6 Å². The van der Waals surface area contributed by atoms with Crippen LogP contribution in [0.2, 0.25) is 0 Å². The maximum Gasteiger partial charge on any atom is 0.216 e. The molecule has 0 aliphatic carbocycles. The average molecular weight is 253 g/mol. The Hall–Kier alpha value is -0.900. The molecule has 104 valence electrons. The number of aromatic nitrogens is 2. The lowest BCUT2D eigenvalue weighted by atomic mass is 9.80. The molecule has 1 unspecified atom stereocenters. The monoisotopic (exact) mass is 253 g/mol. The van der Waals surface area contributed by atoms with E-state index in [4.69, 9.17) is 4.42 Å². The lowest BCUT2D eigenvalue weighted by Crippen LogP contribution is -2.19. The Morgan fingerprint density at radius 1 is 1.22 bits per heavy atom. The molecule has 0 amide bonds. The molecular formula is C14H27N3O. The summed E-state index contributed by atoms with van der Waals surface area (Å²) in [6, 6.07) is 0. The second-order valence-electron chi connectivity index (χ2n) is 6.02. The molecule has 18 heavy (non-hydrogen) atoms. The first-order valence-electron chi connectivity index (χ1n) is 6.95. The fourth-order valence-corrected chi connectivity index (χ4v) is 1.58. The Kier molecular flexibility index (Phi) is 5.79. The third-order valence-electron chi connectivity index (χ3n) is 3.46. The van der Waals surface area contributed by atoms with Crippen LogP contribution in [-0.4, -0.2) is 23.3 Å². The topological polar surface area (TPSA) is 51.0 Å². The highest BCUT2D eigenvalue weighted by Gasteiger charge is 2.22. The van der Waals surface area contributed by atoms with Crippen LogP contribution in [-0.2, 0) is 12.8 Å². The van der Waals surface area contributed by atoms with Gasteiger partial charge in [-0.3, -0.25) is 0 Å². The van der Waals surface area contributed by atoms with Crippen molar-refractivity contribution >= 4 is 0 Å². The van der Waals surface area contributed by atoms with Gasteiger partial charge in [-0.25, -0.2) is 0 Å². The minimum Gasteiger partial charge on any atom is -0.425 e. The summed E-state index contributed by atoms with van der Waals surface area (Å²) < 4.78 is 5.68. The lowest BCUT2D eigenvalue weighted by molar-refractivity contribution is 0.243. The zero-order valence-electron chi connectivity index (χ0n) is 12.4. The molecule has 0 aromatic carbocycles. The highest BCUT2D eigenvalue weighted by atomic mass is 16.4. The molecule has 0 spiro atoms. The third-order valence-corrected chi connectivity index (χ3v) is 3.46. The van der Waals surface area contributed by atoms with Crippen LogP contribution in [0.15, 0.2) is 4.42 Å². The van der Waals surface area contributed by atoms with Crippen LogP contribution in [0, 0.1) is 11.3 Å². The van der Waals surface area contributed by atoms with Gasteiger partial charge in [0, 0.05) is 12.8 Å². The molecule has 0 aliphatic heterocycles. The van der Waals surface area contributed by atoms with E-state index in [0.29, 0.717) is 5.92 Å². The number of nitrogens with zero attached hydrogens (tertiary/aromatic N) is 2. The number of rotatable bonds is 7. The van der Waals surface area contributed by atoms with Gasteiger partial charge < -0.3 is 9.73 Å². The summed E-state index contributed by atoms with van der Waals surface area (Å²) >= 11 is 0. The van der Waals surface area contributed by atoms with Crippen molar-refractivity contribution in [3.05, 3.63) is 11.8 Å². The molecule has 0 radical (unpaired) electrons. The second kappa shape index (κ2) is 6.88. The van der Waals surface area contributed by atoms with Crippen molar-refractivity contribution in [2.24, 2.45) is 11.3 Å². The van der Waals surface area contributed by atoms with E-state index in [0.717, 1.165) is 44.1 Å². The summed E-state index contributed by atoms with van der Waals surface area (Å²) in [6.07, 6.45) is 2.78. The highest BCUT2D eigenvalue weighted by Crippen LogP contribution is 2.28. The first kappa shape index (κ1) is 15.2. The summed E-state index contributed by atoms with van der Waals surface area (Å²) in [6.45, 7) is 13.1. The van der Waals surface area contributed by atoms with Crippen molar-refractivity contribution in [1.29, 1.82) is 0 Å². The molecule has 4 heteroatoms. The van der Waals surface area contributed by atoms with E-state index in [2.05, 4.69) is 50.1 Å². The Labute approximate surface area is 111 Å². The summed E-state index contributed by atoms with van der Waals surface area (Å²) in [7, 11) is 0. The fourth-order valence-electron chi connectivity index (χ4n) is 1.58. The molecule has 1 N–H and O–H groups in total. The number of nitrogens with one attached hydrogen (secondary N) is 1. The standard InChI is InChI=1S/C14H27N3O/c1-6-15-9-7-8-12-16-17-13(18-12)10-11(2)14(3,4)5/h11,15H,6-10H2,1-5H3. The van der Waals surface area contributed by atoms with Gasteiger partial charge in [0.05, 0.1) is 0 Å². The largest absolute Gasteiger partial charge is 0.425 e. The lowest BCUT2D eigenvalue weighted by Gasteiger charge is -2.25. The predicted molar refractivity (Wildman–Crippen MR) is 73.5 cm³/mol. The molecule has 0 aliphatic rings. The molecule has 1 aromatic heterocycles. The summed E-state index contributed by atoms with van der Waals surface area (Å²) in [5.74, 6) is 2.08. The summed E-state index contributed by atoms with van der Waals surface area (Å²) in [5.41, 5.74) is 0.277. The third kappa shape index (κ3) is 5.17. The summed E-state index contributed by atoms with van der Waals surface area (Å²) in [4.78, 5) is 0. The molecule has 1 aromatic rings. The van der Waals surface area contributed by atoms with E-state index in [-0.39, 0.29) is 5.41 Å². The zero-order valence-corrected chi connectivity index (χ0v) is 12.4. The van der Waals surface area contributed by atoms with E-state index in [1.807, 2.05) is 0 Å². The summed E-state index contributed by atoms with van der Waals surface area (Å²) in [5, 5.41) is 11.5. The van der Waals surface area contributed by atoms with Gasteiger partial charge in [-0.15, -0.1) is 10.2 Å². The van der Waals surface area contributed by atoms with E-state index in [1.165, 1.54) is 0 Å². The van der Waals surface area contributed by atoms with Gasteiger partial charge in [0.15, 0.2) is 0 Å². The van der Waals surface area contributed by atoms with Crippen molar-refractivity contribution in [2.75, 3.05) is 13.1 Å². The van der Waals surface area contributed by atoms with Gasteiger partial charge in [0.1, 0.15) is 0 Å². The van der Waals surface area contributed by atoms with Crippen LogP contribution in [0.3, 0.4) is 0 Å². The van der Waals surface area contributed by atoms with Crippen molar-refractivity contribution < 1.29 is 4.42 Å². The SMILES string of the molecule is CCNCCCc1nnc(CC(C)C(C)(C)C)o1. The van der Waals surface area contributed by atoms with Gasteiger partial charge in [-0.2, -0.15) is 0 Å². The van der Waals surface area contributed by atoms with Crippen molar-refractivity contribution in [1.82, 2.24) is 15.5 Å². The molecule has 0 saturated carbocycles. The number of aryl methyl sites for hydroxylation is 1. The first-order valence-corrected chi connectivity index (χ1v) is 6.95. The van der Waals surface area contributed by atoms with E-state index in [1.54, 1.807) is 0 Å². The maximum absolute atomic E-state index is 5.68. The van der Waals surface area contributed by atoms with Crippen molar-refractivity contribution in [2.45, 2.75) is 53.9 Å². The molecule has 0 bridgehead atoms. The molecular weight excluding hydrogens is 226 g/mol. The average Bonchev–Trinajstić information content (AvgIpc) is 2.71. The predicted octanol–water partition coefficient (Wildman–Crippen LogP) is 2.84. The van der Waals surface area contributed by atoms with Crippen LogP contribution in [0.25, 0.3) is 0 Å². The Balaban J connectivity index is 2.39. The van der Waals surface area contributed by atoms with Crippen LogP contribution in [0.1, 0.15) is 52.8 Å². The van der Waals surface area contributed by atoms with E-state index in [9.17, 15) is 0 Å². The zero-order chi connectivity index (χ0) is 13.6. The first-order chi connectivity index (χ1) is 8.43. The Bertz CT molecular complexity index is 341. The van der Waals surface area contributed by atoms with Gasteiger partial charge in [-0.05, 0) is 30.8 Å². The highest BCUT2D eigenvalue weighted by molar-refractivity contribution is 4.86. The number of hydrogen-bond acceptors (Lipinski definition) is 4. The van der Waals surface area contributed by atoms with Crippen LogP contribution < -0.4 is 5.32 Å². The molecule has 1 heterocycles. The van der Waals surface area contributed by atoms with E-state index < -0.39 is 0 Å². The van der Waals surface area contributed by atoms with Crippen LogP contribution in [0.4, 0.5) is 0 Å². The number of hydrogen-bond donors (Lipinski definition) is 1. The van der Waals surface area contributed by atoms with Crippen molar-refractivity contribution in [3.8, 4) is 0 Å². The van der Waals surface area contributed by atoms with E-state index >= 15 is 0 Å². The molecule has 0 saturated heterocycles. The van der Waals surface area contributed by atoms with Crippen LogP contribution >= 0.6 is 0 Å². The minimum atomic E-state index is 0.277. The molecule has 4 nitrogen and oxygen atoms in total. The van der Waals surface area contributed by atoms with Crippen LogP contribution in [0.5, 0.6) is 0 Å². The second-order valence-corrected chi connectivity index (χ2v) is 6.02. The molecule has 0 fully saturated rings. The van der Waals surface area contributed by atoms with Crippen molar-refractivity contribution in [3.63, 3.8) is 0 Å². The maximum atomic E-state index is 5.68. The fraction of sp³-hybridized carbons (Fsp3) is 0.857. The quantitative estimate of drug-likeness (QED) is 0.759. The van der Waals surface area contributed by atoms with Gasteiger partial charge in [0.25, 0.3) is 0 Å². The van der Waals surface area contributed by atoms with Gasteiger partial charge in [0.2, 0.25) is 11.8 Å². The molecule has 1 rings (SSSR count). The normalized spacial score (nSPS) is 13.8. The smallest absolute Gasteiger partial charge is 0.216 e. The Morgan fingerprint density at radius 2 is 1.89 bits per heavy atom. The Morgan fingerprint density at radius 3 is 2.50 bits per heavy atom. The minimum absolute atomic E-state index is 0.277.